The maximum atomic E-state index is 10.0. The van der Waals surface area contributed by atoms with Crippen molar-refractivity contribution in [3.05, 3.63) is 47.0 Å². The Morgan fingerprint density at radius 2 is 2.07 bits per heavy atom. The topological polar surface area (TPSA) is 29.5 Å². The average molecular weight is 242 g/mol. The molecule has 1 N–H and O–H groups in total. The third kappa shape index (κ3) is 2.31. The van der Waals surface area contributed by atoms with Gasteiger partial charge < -0.3 is 9.42 Å². The Hall–Kier alpha value is -0.630. The summed E-state index contributed by atoms with van der Waals surface area (Å²) < 4.78 is 5.45. The highest BCUT2D eigenvalue weighted by Gasteiger charge is 2.30. The lowest BCUT2D eigenvalue weighted by molar-refractivity contribution is 0.409. The van der Waals surface area contributed by atoms with E-state index >= 15 is 0 Å². The maximum absolute atomic E-state index is 10.0. The van der Waals surface area contributed by atoms with Crippen LogP contribution in [0.4, 0.5) is 0 Å². The molecule has 0 amide bonds. The molecule has 15 heavy (non-hydrogen) atoms. The third-order valence-corrected chi connectivity index (χ3v) is 4.64. The quantitative estimate of drug-likeness (QED) is 0.712. The fourth-order valence-corrected chi connectivity index (χ4v) is 3.69. The molecular formula is C11H15O2PS. The Bertz CT molecular complexity index is 430. The Balaban J connectivity index is 3.34. The molecule has 0 saturated heterocycles. The molecule has 0 aliphatic carbocycles. The lowest BCUT2D eigenvalue weighted by atomic mass is 10.1. The third-order valence-electron chi connectivity index (χ3n) is 2.25. The summed E-state index contributed by atoms with van der Waals surface area (Å²) in [5, 5.41) is 0.656. The van der Waals surface area contributed by atoms with Crippen LogP contribution in [0, 0.1) is 0 Å². The van der Waals surface area contributed by atoms with Crippen molar-refractivity contribution in [1.82, 2.24) is 0 Å². The van der Waals surface area contributed by atoms with Crippen LogP contribution in [0.25, 0.3) is 0 Å². The molecule has 0 bridgehead atoms. The van der Waals surface area contributed by atoms with E-state index < -0.39 is 6.49 Å². The highest BCUT2D eigenvalue weighted by atomic mass is 32.5. The van der Waals surface area contributed by atoms with E-state index in [1.165, 1.54) is 0 Å². The number of allylic oxidation sites excluding steroid dienone is 6. The summed E-state index contributed by atoms with van der Waals surface area (Å²) in [5.74, 6) is 0.624. The molecule has 4 heteroatoms. The van der Waals surface area contributed by atoms with E-state index in [9.17, 15) is 4.89 Å². The van der Waals surface area contributed by atoms with Gasteiger partial charge in [-0.25, -0.2) is 0 Å². The number of rotatable bonds is 1. The molecule has 0 spiro atoms. The fraction of sp³-hybridized carbons (Fsp3) is 0.273. The molecule has 1 heterocycles. The molecule has 1 rings (SSSR count). The van der Waals surface area contributed by atoms with Crippen LogP contribution in [-0.4, -0.2) is 4.89 Å². The van der Waals surface area contributed by atoms with Gasteiger partial charge in [-0.1, -0.05) is 18.7 Å². The van der Waals surface area contributed by atoms with Crippen LogP contribution in [0.3, 0.4) is 0 Å². The van der Waals surface area contributed by atoms with E-state index in [-0.39, 0.29) is 0 Å². The summed E-state index contributed by atoms with van der Waals surface area (Å²) >= 11 is 5.08. The normalized spacial score (nSPS) is 30.1. The predicted molar refractivity (Wildman–Crippen MR) is 68.0 cm³/mol. The van der Waals surface area contributed by atoms with Crippen molar-refractivity contribution < 1.29 is 9.42 Å². The van der Waals surface area contributed by atoms with Gasteiger partial charge in [-0.15, -0.1) is 0 Å². The zero-order chi connectivity index (χ0) is 11.6. The van der Waals surface area contributed by atoms with Crippen LogP contribution >= 0.6 is 6.49 Å². The number of hydrogen-bond acceptors (Lipinski definition) is 2. The minimum absolute atomic E-state index is 0.624. The van der Waals surface area contributed by atoms with Gasteiger partial charge in [0.2, 0.25) is 0 Å². The highest BCUT2D eigenvalue weighted by molar-refractivity contribution is 8.11. The van der Waals surface area contributed by atoms with Crippen molar-refractivity contribution in [3.63, 3.8) is 0 Å². The molecule has 82 valence electrons. The van der Waals surface area contributed by atoms with Gasteiger partial charge in [0.15, 0.2) is 0 Å². The van der Waals surface area contributed by atoms with E-state index in [2.05, 4.69) is 6.58 Å². The average Bonchev–Trinajstić information content (AvgIpc) is 2.14. The first-order chi connectivity index (χ1) is 6.94. The van der Waals surface area contributed by atoms with E-state index in [1.54, 1.807) is 12.2 Å². The van der Waals surface area contributed by atoms with E-state index in [0.29, 0.717) is 11.1 Å². The maximum Gasteiger partial charge on any atom is 0.266 e. The van der Waals surface area contributed by atoms with Gasteiger partial charge in [0, 0.05) is 0 Å². The van der Waals surface area contributed by atoms with Crippen LogP contribution in [0.15, 0.2) is 47.0 Å². The van der Waals surface area contributed by atoms with Crippen molar-refractivity contribution in [3.8, 4) is 0 Å². The lowest BCUT2D eigenvalue weighted by Gasteiger charge is -2.28. The zero-order valence-corrected chi connectivity index (χ0v) is 10.9. The molecular weight excluding hydrogens is 227 g/mol. The first-order valence-corrected chi connectivity index (χ1v) is 7.33. The van der Waals surface area contributed by atoms with Gasteiger partial charge in [0.25, 0.3) is 6.49 Å². The minimum Gasteiger partial charge on any atom is -0.440 e. The summed E-state index contributed by atoms with van der Waals surface area (Å²) in [7, 11) is 0. The van der Waals surface area contributed by atoms with Gasteiger partial charge in [-0.05, 0) is 49.8 Å². The molecule has 1 aliphatic rings. The van der Waals surface area contributed by atoms with Gasteiger partial charge in [0.05, 0.1) is 5.31 Å². The Morgan fingerprint density at radius 3 is 2.53 bits per heavy atom. The molecule has 2 nitrogen and oxygen atoms in total. The first kappa shape index (κ1) is 12.4. The molecule has 0 fully saturated rings. The van der Waals surface area contributed by atoms with Crippen molar-refractivity contribution >= 4 is 18.3 Å². The highest BCUT2D eigenvalue weighted by Crippen LogP contribution is 2.60. The fourth-order valence-electron chi connectivity index (χ4n) is 1.41. The molecule has 0 radical (unpaired) electrons. The van der Waals surface area contributed by atoms with E-state index in [4.69, 9.17) is 16.3 Å². The molecule has 0 aromatic carbocycles. The summed E-state index contributed by atoms with van der Waals surface area (Å²) in [4.78, 5) is 10.0. The van der Waals surface area contributed by atoms with Crippen LogP contribution in [0.5, 0.6) is 0 Å². The Labute approximate surface area is 95.8 Å². The zero-order valence-electron chi connectivity index (χ0n) is 9.15. The van der Waals surface area contributed by atoms with Crippen molar-refractivity contribution in [1.29, 1.82) is 0 Å². The van der Waals surface area contributed by atoms with Crippen LogP contribution in [0.1, 0.15) is 20.8 Å². The van der Waals surface area contributed by atoms with Crippen LogP contribution < -0.4 is 0 Å². The smallest absolute Gasteiger partial charge is 0.266 e. The monoisotopic (exact) mass is 242 g/mol. The van der Waals surface area contributed by atoms with E-state index in [0.717, 1.165) is 11.1 Å². The summed E-state index contributed by atoms with van der Waals surface area (Å²) in [6, 6.07) is 0. The first-order valence-electron chi connectivity index (χ1n) is 4.66. The Morgan fingerprint density at radius 1 is 1.47 bits per heavy atom. The van der Waals surface area contributed by atoms with Gasteiger partial charge in [0.1, 0.15) is 5.76 Å². The summed E-state index contributed by atoms with van der Waals surface area (Å²) in [6.07, 6.45) is 5.42. The molecule has 0 aromatic rings. The summed E-state index contributed by atoms with van der Waals surface area (Å²) in [6.45, 7) is 6.67. The minimum atomic E-state index is -2.89. The predicted octanol–water partition coefficient (Wildman–Crippen LogP) is 3.63. The van der Waals surface area contributed by atoms with Crippen molar-refractivity contribution in [2.24, 2.45) is 0 Å². The second-order valence-corrected chi connectivity index (χ2v) is 6.44. The SMILES string of the molecule is C=C1C(=CC)P(O)(=S)OC(C=CC)=C1C. The molecule has 0 saturated carbocycles. The van der Waals surface area contributed by atoms with Crippen LogP contribution in [0.2, 0.25) is 0 Å². The Kier molecular flexibility index (Phi) is 3.72. The largest absolute Gasteiger partial charge is 0.440 e. The second kappa shape index (κ2) is 4.48. The standard InChI is InChI=1S/C11H15O2PS/c1-5-7-10-8(3)9(4)11(6-2)14(12,15)13-10/h5-7H,4H2,1-3H3,(H,12,15). The molecule has 0 aromatic heterocycles. The van der Waals surface area contributed by atoms with Gasteiger partial charge >= 0.3 is 0 Å². The van der Waals surface area contributed by atoms with Gasteiger partial charge in [-0.2, -0.15) is 0 Å². The molecule has 1 aliphatic heterocycles. The van der Waals surface area contributed by atoms with Crippen molar-refractivity contribution in [2.45, 2.75) is 20.8 Å². The number of hydrogen-bond donors (Lipinski definition) is 1. The molecule has 1 atom stereocenters. The summed E-state index contributed by atoms with van der Waals surface area (Å²) in [5.41, 5.74) is 1.71. The van der Waals surface area contributed by atoms with E-state index in [1.807, 2.05) is 26.8 Å². The van der Waals surface area contributed by atoms with Crippen LogP contribution in [-0.2, 0) is 16.3 Å². The second-order valence-electron chi connectivity index (χ2n) is 3.25. The molecule has 1 unspecified atom stereocenters. The lowest BCUT2D eigenvalue weighted by Crippen LogP contribution is -2.05. The van der Waals surface area contributed by atoms with Gasteiger partial charge in [-0.3, -0.25) is 0 Å². The van der Waals surface area contributed by atoms with Crippen molar-refractivity contribution in [2.75, 3.05) is 0 Å².